The average Bonchev–Trinajstić information content (AvgIpc) is 2.89. The predicted molar refractivity (Wildman–Crippen MR) is 144 cm³/mol. The van der Waals surface area contributed by atoms with Crippen molar-refractivity contribution >= 4 is 58.2 Å². The molecule has 0 aliphatic carbocycles. The first-order chi connectivity index (χ1) is 17.7. The van der Waals surface area contributed by atoms with Crippen LogP contribution in [0.3, 0.4) is 0 Å². The van der Waals surface area contributed by atoms with E-state index in [9.17, 15) is 19.5 Å². The third-order valence-corrected chi connectivity index (χ3v) is 6.79. The Labute approximate surface area is 225 Å². The van der Waals surface area contributed by atoms with E-state index in [1.807, 2.05) is 6.07 Å². The lowest BCUT2D eigenvalue weighted by atomic mass is 10.1. The van der Waals surface area contributed by atoms with Crippen LogP contribution in [0.4, 0.5) is 11.4 Å². The number of carboxylic acids is 1. The van der Waals surface area contributed by atoms with Crippen molar-refractivity contribution < 1.29 is 14.7 Å². The molecular weight excluding hydrogens is 535 g/mol. The van der Waals surface area contributed by atoms with Crippen molar-refractivity contribution in [1.82, 2.24) is 9.97 Å². The summed E-state index contributed by atoms with van der Waals surface area (Å²) in [6.07, 6.45) is 0. The van der Waals surface area contributed by atoms with Gasteiger partial charge in [0.2, 0.25) is 0 Å². The molecule has 0 atom stereocenters. The Morgan fingerprint density at radius 2 is 1.81 bits per heavy atom. The quantitative estimate of drug-likeness (QED) is 0.137. The molecule has 0 bridgehead atoms. The molecule has 0 spiro atoms. The third kappa shape index (κ3) is 6.19. The van der Waals surface area contributed by atoms with Crippen LogP contribution in [0, 0.1) is 6.57 Å². The number of aromatic amines is 1. The van der Waals surface area contributed by atoms with Crippen molar-refractivity contribution in [2.75, 3.05) is 5.32 Å². The second-order valence-corrected chi connectivity index (χ2v) is 9.42. The van der Waals surface area contributed by atoms with Crippen LogP contribution in [-0.4, -0.2) is 27.0 Å². The predicted octanol–water partition coefficient (Wildman–Crippen LogP) is 6.54. The van der Waals surface area contributed by atoms with Crippen LogP contribution in [0.1, 0.15) is 26.3 Å². The molecule has 0 aliphatic heterocycles. The fourth-order valence-electron chi connectivity index (χ4n) is 3.35. The molecule has 3 aromatic carbocycles. The number of anilines is 1. The number of hydrogen-bond acceptors (Lipinski definition) is 5. The second-order valence-electron chi connectivity index (χ2n) is 7.64. The Kier molecular flexibility index (Phi) is 7.94. The number of benzene rings is 3. The average molecular weight is 551 g/mol. The van der Waals surface area contributed by atoms with Gasteiger partial charge in [-0.2, -0.15) is 0 Å². The molecule has 0 radical (unpaired) electrons. The van der Waals surface area contributed by atoms with Gasteiger partial charge in [-0.3, -0.25) is 9.59 Å². The number of halogens is 2. The van der Waals surface area contributed by atoms with Gasteiger partial charge in [-0.25, -0.2) is 14.6 Å². The van der Waals surface area contributed by atoms with Crippen LogP contribution >= 0.6 is 35.0 Å². The van der Waals surface area contributed by atoms with Crippen LogP contribution in [0.25, 0.3) is 16.1 Å². The molecule has 1 heterocycles. The highest BCUT2D eigenvalue weighted by Crippen LogP contribution is 2.29. The summed E-state index contributed by atoms with van der Waals surface area (Å²) < 4.78 is 0. The molecule has 0 unspecified atom stereocenters. The summed E-state index contributed by atoms with van der Waals surface area (Å²) in [6.45, 7) is 7.38. The standard InChI is InChI=1S/C26H16Cl2N4O4S/c1-29-22-21(15-5-3-6-17(11-15)25(35)36)31-26(32-24(22)34)37-13-14-4-2-7-18(10-14)30-23(33)16-8-9-19(27)20(28)12-16/h2-12H,13H2,(H,30,33)(H,35,36)(H,31,32,34). The minimum absolute atomic E-state index is 0.0180. The van der Waals surface area contributed by atoms with Gasteiger partial charge in [0.15, 0.2) is 5.16 Å². The molecule has 4 aromatic rings. The Bertz CT molecular complexity index is 1630. The van der Waals surface area contributed by atoms with Crippen molar-refractivity contribution in [3.8, 4) is 11.3 Å². The molecule has 37 heavy (non-hydrogen) atoms. The molecule has 184 valence electrons. The SMILES string of the molecule is [C-]#[N+]c1c(-c2cccc(C(=O)O)c2)nc(SCc2cccc(NC(=O)c3ccc(Cl)c(Cl)c3)c2)[nH]c1=O. The van der Waals surface area contributed by atoms with Crippen LogP contribution in [-0.2, 0) is 5.75 Å². The summed E-state index contributed by atoms with van der Waals surface area (Å²) in [5.74, 6) is -1.08. The van der Waals surface area contributed by atoms with Gasteiger partial charge in [-0.05, 0) is 53.6 Å². The molecule has 1 amide bonds. The molecular formula is C26H16Cl2N4O4S. The zero-order valence-corrected chi connectivity index (χ0v) is 21.1. The summed E-state index contributed by atoms with van der Waals surface area (Å²) in [5, 5.41) is 13.0. The fourth-order valence-corrected chi connectivity index (χ4v) is 4.45. The monoisotopic (exact) mass is 550 g/mol. The summed E-state index contributed by atoms with van der Waals surface area (Å²) in [7, 11) is 0. The molecule has 0 saturated heterocycles. The number of carbonyl (C=O) groups is 2. The minimum Gasteiger partial charge on any atom is -0.478 e. The molecule has 1 aromatic heterocycles. The molecule has 8 nitrogen and oxygen atoms in total. The number of carboxylic acid groups (broad SMARTS) is 1. The van der Waals surface area contributed by atoms with E-state index in [1.54, 1.807) is 36.4 Å². The fraction of sp³-hybridized carbons (Fsp3) is 0.0385. The number of carbonyl (C=O) groups excluding carboxylic acids is 1. The third-order valence-electron chi connectivity index (χ3n) is 5.11. The van der Waals surface area contributed by atoms with E-state index in [0.29, 0.717) is 27.6 Å². The Morgan fingerprint density at radius 3 is 2.54 bits per heavy atom. The lowest BCUT2D eigenvalue weighted by Gasteiger charge is -2.09. The van der Waals surface area contributed by atoms with Crippen molar-refractivity contribution in [2.45, 2.75) is 10.9 Å². The maximum absolute atomic E-state index is 12.6. The first-order valence-corrected chi connectivity index (χ1v) is 12.3. The maximum atomic E-state index is 12.6. The number of nitrogens with zero attached hydrogens (tertiary/aromatic N) is 2. The lowest BCUT2D eigenvalue weighted by Crippen LogP contribution is -2.12. The van der Waals surface area contributed by atoms with Gasteiger partial charge in [-0.15, -0.1) is 0 Å². The van der Waals surface area contributed by atoms with E-state index in [-0.39, 0.29) is 33.0 Å². The number of aromatic nitrogens is 2. The van der Waals surface area contributed by atoms with Crippen molar-refractivity contribution in [1.29, 1.82) is 0 Å². The van der Waals surface area contributed by atoms with Gasteiger partial charge in [0.05, 0.1) is 27.9 Å². The highest BCUT2D eigenvalue weighted by Gasteiger charge is 2.16. The van der Waals surface area contributed by atoms with Gasteiger partial charge in [-0.1, -0.05) is 59.2 Å². The van der Waals surface area contributed by atoms with Gasteiger partial charge < -0.3 is 15.4 Å². The second kappa shape index (κ2) is 11.3. The molecule has 0 fully saturated rings. The van der Waals surface area contributed by atoms with Gasteiger partial charge >= 0.3 is 5.97 Å². The first-order valence-electron chi connectivity index (χ1n) is 10.6. The molecule has 0 aliphatic rings. The van der Waals surface area contributed by atoms with E-state index in [1.165, 1.54) is 36.0 Å². The molecule has 3 N–H and O–H groups in total. The van der Waals surface area contributed by atoms with Crippen molar-refractivity contribution in [2.24, 2.45) is 0 Å². The zero-order chi connectivity index (χ0) is 26.5. The zero-order valence-electron chi connectivity index (χ0n) is 18.8. The Hall–Kier alpha value is -4.10. The van der Waals surface area contributed by atoms with Crippen molar-refractivity contribution in [3.05, 3.63) is 115 Å². The number of hydrogen-bond donors (Lipinski definition) is 3. The number of aromatic carboxylic acids is 1. The summed E-state index contributed by atoms with van der Waals surface area (Å²) in [4.78, 5) is 46.8. The largest absolute Gasteiger partial charge is 0.478 e. The van der Waals surface area contributed by atoms with E-state index < -0.39 is 11.5 Å². The van der Waals surface area contributed by atoms with Gasteiger partial charge in [0.1, 0.15) is 0 Å². The summed E-state index contributed by atoms with van der Waals surface area (Å²) in [6, 6.07) is 17.7. The topological polar surface area (TPSA) is 117 Å². The maximum Gasteiger partial charge on any atom is 0.335 e. The van der Waals surface area contributed by atoms with Crippen LogP contribution < -0.4 is 10.9 Å². The molecule has 4 rings (SSSR count). The first kappa shape index (κ1) is 26.0. The highest BCUT2D eigenvalue weighted by atomic mass is 35.5. The highest BCUT2D eigenvalue weighted by molar-refractivity contribution is 7.98. The number of amides is 1. The minimum atomic E-state index is -1.13. The number of rotatable bonds is 7. The lowest BCUT2D eigenvalue weighted by molar-refractivity contribution is 0.0696. The number of H-pyrrole nitrogens is 1. The van der Waals surface area contributed by atoms with Gasteiger partial charge in [0.25, 0.3) is 17.2 Å². The van der Waals surface area contributed by atoms with E-state index in [2.05, 4.69) is 20.1 Å². The smallest absolute Gasteiger partial charge is 0.335 e. The normalized spacial score (nSPS) is 10.5. The van der Waals surface area contributed by atoms with E-state index in [0.717, 1.165) is 5.56 Å². The van der Waals surface area contributed by atoms with E-state index in [4.69, 9.17) is 29.8 Å². The van der Waals surface area contributed by atoms with Crippen LogP contribution in [0.2, 0.25) is 10.0 Å². The summed E-state index contributed by atoms with van der Waals surface area (Å²) in [5.41, 5.74) is 1.39. The van der Waals surface area contributed by atoms with Crippen LogP contribution in [0.5, 0.6) is 0 Å². The van der Waals surface area contributed by atoms with Crippen molar-refractivity contribution in [3.63, 3.8) is 0 Å². The van der Waals surface area contributed by atoms with E-state index >= 15 is 0 Å². The molecule has 11 heteroatoms. The summed E-state index contributed by atoms with van der Waals surface area (Å²) >= 11 is 13.1. The molecule has 0 saturated carbocycles. The Balaban J connectivity index is 1.53. The number of nitrogens with one attached hydrogen (secondary N) is 2. The number of thioether (sulfide) groups is 1. The Morgan fingerprint density at radius 1 is 1.03 bits per heavy atom. The van der Waals surface area contributed by atoms with Crippen LogP contribution in [0.15, 0.2) is 76.7 Å². The van der Waals surface area contributed by atoms with Gasteiger partial charge in [0, 0.05) is 17.0 Å².